The number of nitrogen functional groups attached to an aromatic ring is 1. The number of esters is 1. The molecule has 0 spiro atoms. The molecule has 0 aliphatic rings. The van der Waals surface area contributed by atoms with Gasteiger partial charge in [-0.1, -0.05) is 11.6 Å². The van der Waals surface area contributed by atoms with Gasteiger partial charge in [0.1, 0.15) is 0 Å². The van der Waals surface area contributed by atoms with Gasteiger partial charge in [0.15, 0.2) is 6.61 Å². The van der Waals surface area contributed by atoms with Crippen molar-refractivity contribution >= 4 is 29.2 Å². The lowest BCUT2D eigenvalue weighted by Crippen LogP contribution is -2.38. The molecule has 1 amide bonds. The third-order valence-corrected chi connectivity index (χ3v) is 2.63. The van der Waals surface area contributed by atoms with E-state index in [9.17, 15) is 9.59 Å². The fraction of sp³-hybridized carbons (Fsp3) is 0.385. The number of halogens is 1. The maximum atomic E-state index is 11.8. The van der Waals surface area contributed by atoms with Gasteiger partial charge in [-0.3, -0.25) is 4.79 Å². The van der Waals surface area contributed by atoms with Crippen molar-refractivity contribution in [3.05, 3.63) is 28.8 Å². The number of rotatable bonds is 6. The van der Waals surface area contributed by atoms with Gasteiger partial charge in [0.05, 0.1) is 12.2 Å². The van der Waals surface area contributed by atoms with E-state index in [1.807, 2.05) is 0 Å². The molecule has 3 N–H and O–H groups in total. The number of amides is 1. The average molecular weight is 301 g/mol. The summed E-state index contributed by atoms with van der Waals surface area (Å²) in [4.78, 5) is 23.3. The van der Waals surface area contributed by atoms with Crippen LogP contribution in [0.1, 0.15) is 17.3 Å². The second kappa shape index (κ2) is 7.72. The summed E-state index contributed by atoms with van der Waals surface area (Å²) in [5.74, 6) is -1.11. The van der Waals surface area contributed by atoms with Crippen molar-refractivity contribution in [3.63, 3.8) is 0 Å². The Hall–Kier alpha value is -1.79. The first-order valence-electron chi connectivity index (χ1n) is 5.94. The van der Waals surface area contributed by atoms with Crippen molar-refractivity contribution in [2.24, 2.45) is 0 Å². The summed E-state index contributed by atoms with van der Waals surface area (Å²) in [6.45, 7) is 1.76. The molecule has 0 aromatic heterocycles. The molecule has 0 saturated heterocycles. The van der Waals surface area contributed by atoms with E-state index in [1.165, 1.54) is 19.2 Å². The van der Waals surface area contributed by atoms with Crippen LogP contribution >= 0.6 is 11.6 Å². The van der Waals surface area contributed by atoms with Crippen LogP contribution in [0.4, 0.5) is 5.69 Å². The predicted molar refractivity (Wildman–Crippen MR) is 75.6 cm³/mol. The summed E-state index contributed by atoms with van der Waals surface area (Å²) >= 11 is 5.77. The smallest absolute Gasteiger partial charge is 0.340 e. The molecule has 0 aliphatic heterocycles. The summed E-state index contributed by atoms with van der Waals surface area (Å²) in [5, 5.41) is 2.98. The Labute approximate surface area is 122 Å². The van der Waals surface area contributed by atoms with Crippen LogP contribution in [-0.4, -0.2) is 38.2 Å². The molecule has 1 aromatic rings. The summed E-state index contributed by atoms with van der Waals surface area (Å²) in [7, 11) is 1.53. The van der Waals surface area contributed by atoms with E-state index in [-0.39, 0.29) is 17.3 Å². The van der Waals surface area contributed by atoms with Crippen molar-refractivity contribution in [2.75, 3.05) is 26.1 Å². The minimum absolute atomic E-state index is 0.134. The number of ether oxygens (including phenoxy) is 2. The molecule has 0 heterocycles. The second-order valence-electron chi connectivity index (χ2n) is 4.23. The summed E-state index contributed by atoms with van der Waals surface area (Å²) in [6, 6.07) is 4.29. The fourth-order valence-corrected chi connectivity index (χ4v) is 1.69. The maximum absolute atomic E-state index is 11.8. The quantitative estimate of drug-likeness (QED) is 0.609. The lowest BCUT2D eigenvalue weighted by Gasteiger charge is -2.13. The normalized spacial score (nSPS) is 11.8. The van der Waals surface area contributed by atoms with E-state index >= 15 is 0 Å². The zero-order valence-corrected chi connectivity index (χ0v) is 12.1. The molecule has 1 unspecified atom stereocenters. The highest BCUT2D eigenvalue weighted by Gasteiger charge is 2.14. The second-order valence-corrected chi connectivity index (χ2v) is 4.67. The average Bonchev–Trinajstić information content (AvgIpc) is 2.39. The van der Waals surface area contributed by atoms with Crippen LogP contribution < -0.4 is 11.1 Å². The topological polar surface area (TPSA) is 90.6 Å². The van der Waals surface area contributed by atoms with Gasteiger partial charge < -0.3 is 20.5 Å². The lowest BCUT2D eigenvalue weighted by atomic mass is 10.2. The SMILES string of the molecule is COCC(C)NC(=O)COC(=O)c1cc(Cl)ccc1N. The number of nitrogens with one attached hydrogen (secondary N) is 1. The first kappa shape index (κ1) is 16.3. The summed E-state index contributed by atoms with van der Waals surface area (Å²) < 4.78 is 9.75. The number of anilines is 1. The molecule has 20 heavy (non-hydrogen) atoms. The third-order valence-electron chi connectivity index (χ3n) is 2.39. The Kier molecular flexibility index (Phi) is 6.27. The summed E-state index contributed by atoms with van der Waals surface area (Å²) in [5.41, 5.74) is 6.02. The maximum Gasteiger partial charge on any atom is 0.340 e. The number of hydrogen-bond donors (Lipinski definition) is 2. The van der Waals surface area contributed by atoms with Crippen molar-refractivity contribution in [3.8, 4) is 0 Å². The molecule has 0 aliphatic carbocycles. The van der Waals surface area contributed by atoms with Crippen LogP contribution in [0.15, 0.2) is 18.2 Å². The fourth-order valence-electron chi connectivity index (χ4n) is 1.52. The Morgan fingerprint density at radius 2 is 2.15 bits per heavy atom. The highest BCUT2D eigenvalue weighted by Crippen LogP contribution is 2.18. The summed E-state index contributed by atoms with van der Waals surface area (Å²) in [6.07, 6.45) is 0. The largest absolute Gasteiger partial charge is 0.452 e. The van der Waals surface area contributed by atoms with Gasteiger partial charge in [-0.25, -0.2) is 4.79 Å². The van der Waals surface area contributed by atoms with Crippen molar-refractivity contribution in [1.29, 1.82) is 0 Å². The van der Waals surface area contributed by atoms with Gasteiger partial charge in [0.25, 0.3) is 5.91 Å². The molecule has 0 fully saturated rings. The predicted octanol–water partition coefficient (Wildman–Crippen LogP) is 1.23. The van der Waals surface area contributed by atoms with E-state index in [1.54, 1.807) is 13.0 Å². The van der Waals surface area contributed by atoms with E-state index in [2.05, 4.69) is 5.32 Å². The first-order valence-corrected chi connectivity index (χ1v) is 6.32. The van der Waals surface area contributed by atoms with Crippen LogP contribution in [0, 0.1) is 0 Å². The molecule has 1 rings (SSSR count). The lowest BCUT2D eigenvalue weighted by molar-refractivity contribution is -0.125. The Morgan fingerprint density at radius 1 is 1.45 bits per heavy atom. The Bertz CT molecular complexity index is 493. The molecule has 1 aromatic carbocycles. The zero-order chi connectivity index (χ0) is 15.1. The highest BCUT2D eigenvalue weighted by atomic mass is 35.5. The van der Waals surface area contributed by atoms with Gasteiger partial charge in [0.2, 0.25) is 0 Å². The standard InChI is InChI=1S/C13H17ClN2O4/c1-8(6-19-2)16-12(17)7-20-13(18)10-5-9(14)3-4-11(10)15/h3-5,8H,6-7,15H2,1-2H3,(H,16,17). The minimum atomic E-state index is -0.695. The van der Waals surface area contributed by atoms with Crippen LogP contribution in [-0.2, 0) is 14.3 Å². The van der Waals surface area contributed by atoms with Crippen molar-refractivity contribution in [2.45, 2.75) is 13.0 Å². The number of carbonyl (C=O) groups is 2. The highest BCUT2D eigenvalue weighted by molar-refractivity contribution is 6.31. The minimum Gasteiger partial charge on any atom is -0.452 e. The van der Waals surface area contributed by atoms with Gasteiger partial charge in [-0.15, -0.1) is 0 Å². The van der Waals surface area contributed by atoms with Crippen LogP contribution in [0.3, 0.4) is 0 Å². The van der Waals surface area contributed by atoms with Gasteiger partial charge in [-0.05, 0) is 25.1 Å². The molecule has 110 valence electrons. The molecule has 1 atom stereocenters. The van der Waals surface area contributed by atoms with Crippen LogP contribution in [0.25, 0.3) is 0 Å². The Morgan fingerprint density at radius 3 is 2.80 bits per heavy atom. The van der Waals surface area contributed by atoms with Crippen molar-refractivity contribution in [1.82, 2.24) is 5.32 Å². The number of benzene rings is 1. The van der Waals surface area contributed by atoms with Gasteiger partial charge in [-0.2, -0.15) is 0 Å². The monoisotopic (exact) mass is 300 g/mol. The number of nitrogens with two attached hydrogens (primary N) is 1. The number of methoxy groups -OCH3 is 1. The van der Waals surface area contributed by atoms with Gasteiger partial charge >= 0.3 is 5.97 Å². The Balaban J connectivity index is 2.51. The first-order chi connectivity index (χ1) is 9.43. The molecular formula is C13H17ClN2O4. The molecule has 0 saturated carbocycles. The van der Waals surface area contributed by atoms with Crippen LogP contribution in [0.2, 0.25) is 5.02 Å². The van der Waals surface area contributed by atoms with E-state index in [4.69, 9.17) is 26.8 Å². The molecule has 7 heteroatoms. The number of hydrogen-bond acceptors (Lipinski definition) is 5. The van der Waals surface area contributed by atoms with E-state index in [0.29, 0.717) is 11.6 Å². The molecule has 6 nitrogen and oxygen atoms in total. The molecule has 0 radical (unpaired) electrons. The molecule has 0 bridgehead atoms. The number of carbonyl (C=O) groups excluding carboxylic acids is 2. The van der Waals surface area contributed by atoms with Gasteiger partial charge in [0, 0.05) is 23.9 Å². The van der Waals surface area contributed by atoms with E-state index < -0.39 is 18.5 Å². The molecular weight excluding hydrogens is 284 g/mol. The zero-order valence-electron chi connectivity index (χ0n) is 11.3. The van der Waals surface area contributed by atoms with Crippen LogP contribution in [0.5, 0.6) is 0 Å². The van der Waals surface area contributed by atoms with E-state index in [0.717, 1.165) is 0 Å². The van der Waals surface area contributed by atoms with Crippen molar-refractivity contribution < 1.29 is 19.1 Å². The third kappa shape index (κ3) is 5.07.